The van der Waals surface area contributed by atoms with Crippen LogP contribution in [0, 0.1) is 34.6 Å². The van der Waals surface area contributed by atoms with Crippen molar-refractivity contribution >= 4 is 185 Å². The average molecular weight is 1800 g/mol. The van der Waals surface area contributed by atoms with E-state index in [0.717, 1.165) is 85.2 Å². The van der Waals surface area contributed by atoms with Gasteiger partial charge in [-0.3, -0.25) is 20.2 Å². The smallest absolute Gasteiger partial charge is 0.412 e. The molecule has 0 unspecified atom stereocenters. The zero-order chi connectivity index (χ0) is 93.0. The zero-order valence-electron chi connectivity index (χ0n) is 72.3. The Morgan fingerprint density at radius 1 is 0.320 bits per heavy atom. The lowest BCUT2D eigenvalue weighted by Gasteiger charge is -2.20. The van der Waals surface area contributed by atoms with Crippen LogP contribution >= 0.6 is 46.4 Å². The molecule has 0 bridgehead atoms. The number of carbonyl (C=O) groups excluding carboxylic acids is 4. The van der Waals surface area contributed by atoms with Gasteiger partial charge in [0.05, 0.1) is 0 Å². The number of carbonyl (C=O) groups is 4. The standard InChI is InChI=1S/C22H25N5O2.C20H19N5O.C17H17N5.C11H10ClN3.C11H16N2O2.C6H7N.C5H4Cl2N2.C3H3ClO/c1-15-14-23-20(25-16-9-6-5-7-10-16)27-19(15)24-17-11-8-12-18(13-17)26-21(28)29-22(2,3)4;1-3-18(26)22-16-10-7-11-17(12-16)23-19-14(2)13-21-20(25-19)24-15-8-5-4-6-9-15;1-12-11-19-17(21-14-7-3-2-4-8-14)22-16(12)20-15-9-5-6-13(18)10-15;1-8-7-13-11(15-10(8)12)14-9-5-3-2-4-6-9;1-11(2,3)15-10(14)13-9-6-4-5-8(12)7-9;7-6-4-2-1-3-5-6;1-3-2-8-5(7)9-4(3)6;1-2-3(4)5/h5-14H,1-4H3,(H,26,28)(H2,23,24,25,27);3-13H,1H2,2H3,(H,22,26)(H2,21,23,24,25);2-11H,18H2,1H3,(H2,19,20,21,22);2-7H,1H3,(H,13,14,15);4-7H,12H2,1-3H3,(H,13,14);1-5H,7H2;2H,1H3;2H,1H2. The zero-order valence-corrected chi connectivity index (χ0v) is 75.3. The summed E-state index contributed by atoms with van der Waals surface area (Å²) in [6.45, 7) is 26.9. The van der Waals surface area contributed by atoms with Crippen LogP contribution in [0.1, 0.15) is 69.4 Å². The Hall–Kier alpha value is -15.3. The minimum atomic E-state index is -0.555. The van der Waals surface area contributed by atoms with Gasteiger partial charge in [-0.25, -0.2) is 44.5 Å². The average Bonchev–Trinajstić information content (AvgIpc) is 0.862. The van der Waals surface area contributed by atoms with Crippen LogP contribution in [0.15, 0.2) is 305 Å². The minimum Gasteiger partial charge on any atom is -0.444 e. The van der Waals surface area contributed by atoms with Crippen LogP contribution in [0.4, 0.5) is 125 Å². The number of nitrogens with two attached hydrogens (primary N) is 3. The number of hydrogen-bond acceptors (Lipinski definition) is 26. The third kappa shape index (κ3) is 39.5. The van der Waals surface area contributed by atoms with E-state index in [1.54, 1.807) is 61.3 Å². The van der Waals surface area contributed by atoms with Crippen molar-refractivity contribution in [1.29, 1.82) is 0 Å². The van der Waals surface area contributed by atoms with Crippen LogP contribution in [0.2, 0.25) is 15.6 Å². The Bertz CT molecular complexity index is 5890. The van der Waals surface area contributed by atoms with Gasteiger partial charge in [0.2, 0.25) is 40.2 Å². The van der Waals surface area contributed by atoms with E-state index in [1.165, 1.54) is 6.08 Å². The van der Waals surface area contributed by atoms with Crippen LogP contribution in [-0.2, 0) is 19.1 Å². The Morgan fingerprint density at radius 3 is 0.883 bits per heavy atom. The maximum Gasteiger partial charge on any atom is 0.412 e. The summed E-state index contributed by atoms with van der Waals surface area (Å²) in [7, 11) is 0. The van der Waals surface area contributed by atoms with Crippen molar-refractivity contribution in [2.75, 3.05) is 70.4 Å². The van der Waals surface area contributed by atoms with E-state index in [2.05, 4.69) is 116 Å². The van der Waals surface area contributed by atoms with E-state index in [9.17, 15) is 19.2 Å². The molecule has 5 heterocycles. The van der Waals surface area contributed by atoms with Gasteiger partial charge < -0.3 is 69.2 Å². The van der Waals surface area contributed by atoms with Gasteiger partial charge in [0.1, 0.15) is 39.0 Å². The number of anilines is 20. The number of hydrogen-bond donors (Lipinski definition) is 13. The van der Waals surface area contributed by atoms with E-state index in [4.69, 9.17) is 73.1 Å². The van der Waals surface area contributed by atoms with Crippen molar-refractivity contribution in [3.05, 3.63) is 348 Å². The number of halogens is 4. The molecule has 14 rings (SSSR count). The van der Waals surface area contributed by atoms with E-state index >= 15 is 0 Å². The summed E-state index contributed by atoms with van der Waals surface area (Å²) in [4.78, 5) is 86.5. The number of para-hydroxylation sites is 5. The second-order valence-electron chi connectivity index (χ2n) is 29.1. The lowest BCUT2D eigenvalue weighted by Crippen LogP contribution is -2.27. The molecule has 0 radical (unpaired) electrons. The first kappa shape index (κ1) is 99.8. The molecular weight excluding hydrogens is 1700 g/mol. The number of rotatable bonds is 19. The number of ether oxygens (including phenoxy) is 2. The Labute approximate surface area is 764 Å². The van der Waals surface area contributed by atoms with Gasteiger partial charge in [0.15, 0.2) is 0 Å². The SMILES string of the molecule is C=CC(=O)Cl.C=CC(=O)Nc1cccc(Nc2nc(Nc3ccccc3)ncc2C)c1.CC(C)(C)OC(=O)Nc1cccc(N)c1.Cc1cnc(Cl)nc1Cl.Cc1cnc(Nc2ccccc2)nc1Cl.Cc1cnc(Nc2ccccc2)nc1Nc1cccc(N)c1.Cc1cnc(Nc2ccccc2)nc1Nc1cccc(NC(=O)OC(C)(C)C)c1.Nc1ccccc1. The summed E-state index contributed by atoms with van der Waals surface area (Å²) in [6, 6.07) is 77.7. The van der Waals surface area contributed by atoms with Gasteiger partial charge in [-0.1, -0.05) is 152 Å². The lowest BCUT2D eigenvalue weighted by molar-refractivity contribution is -0.112. The Balaban J connectivity index is 0.000000210. The highest BCUT2D eigenvalue weighted by molar-refractivity contribution is 6.66. The number of nitrogens with one attached hydrogen (secondary N) is 10. The van der Waals surface area contributed by atoms with Crippen molar-refractivity contribution in [3.8, 4) is 0 Å². The van der Waals surface area contributed by atoms with Gasteiger partial charge in [-0.15, -0.1) is 0 Å². The molecule has 0 saturated heterocycles. The van der Waals surface area contributed by atoms with E-state index < -0.39 is 28.6 Å². The molecule has 16 N–H and O–H groups in total. The molecule has 0 aliphatic rings. The van der Waals surface area contributed by atoms with Gasteiger partial charge in [-0.2, -0.15) is 15.0 Å². The van der Waals surface area contributed by atoms with Crippen LogP contribution < -0.4 is 70.4 Å². The predicted molar refractivity (Wildman–Crippen MR) is 523 cm³/mol. The van der Waals surface area contributed by atoms with Gasteiger partial charge in [-0.05, 0) is 245 Å². The summed E-state index contributed by atoms with van der Waals surface area (Å²) < 4.78 is 10.4. The summed E-state index contributed by atoms with van der Waals surface area (Å²) in [5.41, 5.74) is 30.4. The molecule has 9 aromatic carbocycles. The van der Waals surface area contributed by atoms with Gasteiger partial charge in [0, 0.05) is 133 Å². The molecule has 0 spiro atoms. The number of amides is 3. The minimum absolute atomic E-state index is 0.186. The number of benzene rings is 9. The van der Waals surface area contributed by atoms with Crippen LogP contribution in [0.25, 0.3) is 0 Å². The lowest BCUT2D eigenvalue weighted by atomic mass is 10.2. The maximum absolute atomic E-state index is 12.0. The first-order valence-corrected chi connectivity index (χ1v) is 40.8. The Kier molecular flexibility index (Phi) is 40.3. The molecule has 0 fully saturated rings. The number of aryl methyl sites for hydroxylation is 5. The Morgan fingerprint density at radius 2 is 0.586 bits per heavy atom. The highest BCUT2D eigenvalue weighted by Crippen LogP contribution is 2.28. The molecule has 33 heteroatoms. The number of aromatic nitrogens is 10. The summed E-state index contributed by atoms with van der Waals surface area (Å²) in [6.07, 6.45) is 9.87. The number of nitrogens with zero attached hydrogens (tertiary/aromatic N) is 10. The third-order valence-corrected chi connectivity index (χ3v) is 16.9. The number of allylic oxidation sites excluding steroid dienone is 1. The van der Waals surface area contributed by atoms with E-state index in [1.807, 2.05) is 295 Å². The summed E-state index contributed by atoms with van der Waals surface area (Å²) in [5.74, 6) is 3.90. The molecule has 0 saturated carbocycles. The fraction of sp³-hybridized carbons (Fsp3) is 0.137. The normalized spacial score (nSPS) is 10.1. The topological polar surface area (TPSA) is 414 Å². The maximum atomic E-state index is 12.0. The van der Waals surface area contributed by atoms with Crippen molar-refractivity contribution in [3.63, 3.8) is 0 Å². The van der Waals surface area contributed by atoms with E-state index in [-0.39, 0.29) is 11.2 Å². The summed E-state index contributed by atoms with van der Waals surface area (Å²) in [5, 5.41) is 31.0. The quantitative estimate of drug-likeness (QED) is 0.0118. The number of nitrogen functional groups attached to an aromatic ring is 3. The van der Waals surface area contributed by atoms with Crippen LogP contribution in [0.3, 0.4) is 0 Å². The fourth-order valence-electron chi connectivity index (χ4n) is 9.85. The molecule has 29 nitrogen and oxygen atoms in total. The van der Waals surface area contributed by atoms with Gasteiger partial charge >= 0.3 is 12.2 Å². The predicted octanol–water partition coefficient (Wildman–Crippen LogP) is 24.0. The molecular formula is C95H101Cl4N23O6. The van der Waals surface area contributed by atoms with Crippen LogP contribution in [0.5, 0.6) is 0 Å². The summed E-state index contributed by atoms with van der Waals surface area (Å²) >= 11 is 21.6. The highest BCUT2D eigenvalue weighted by Gasteiger charge is 2.19. The molecule has 14 aromatic rings. The largest absolute Gasteiger partial charge is 0.444 e. The molecule has 128 heavy (non-hydrogen) atoms. The first-order valence-electron chi connectivity index (χ1n) is 39.3. The fourth-order valence-corrected chi connectivity index (χ4v) is 10.3. The molecule has 5 aromatic heterocycles. The molecule has 0 aliphatic carbocycles. The van der Waals surface area contributed by atoms with E-state index in [0.29, 0.717) is 74.2 Å². The van der Waals surface area contributed by atoms with Crippen molar-refractivity contribution in [1.82, 2.24) is 49.8 Å². The van der Waals surface area contributed by atoms with Crippen LogP contribution in [-0.4, -0.2) is 84.4 Å². The first-order chi connectivity index (χ1) is 61.1. The monoisotopic (exact) mass is 1800 g/mol. The third-order valence-electron chi connectivity index (χ3n) is 15.8. The molecule has 0 atom stereocenters. The second-order valence-corrected chi connectivity index (χ2v) is 30.5. The van der Waals surface area contributed by atoms with Crippen molar-refractivity contribution in [2.45, 2.75) is 87.4 Å². The van der Waals surface area contributed by atoms with Gasteiger partial charge in [0.25, 0.3) is 0 Å². The second kappa shape index (κ2) is 51.7. The molecule has 0 aliphatic heterocycles. The molecule has 660 valence electrons. The van der Waals surface area contributed by atoms with Crippen molar-refractivity contribution in [2.24, 2.45) is 0 Å². The molecule has 3 amide bonds. The highest BCUT2D eigenvalue weighted by atomic mass is 35.5. The van der Waals surface area contributed by atoms with Crippen molar-refractivity contribution < 1.29 is 28.7 Å².